The van der Waals surface area contributed by atoms with E-state index in [1.54, 1.807) is 7.11 Å². The van der Waals surface area contributed by atoms with Crippen molar-refractivity contribution in [3.8, 4) is 5.75 Å². The molecule has 8 heteroatoms. The molecule has 2 unspecified atom stereocenters. The average Bonchev–Trinajstić information content (AvgIpc) is 3.33. The van der Waals surface area contributed by atoms with Crippen molar-refractivity contribution >= 4 is 29.9 Å². The van der Waals surface area contributed by atoms with Gasteiger partial charge in [-0.1, -0.05) is 18.2 Å². The fraction of sp³-hybridized carbons (Fsp3) is 0.696. The quantitative estimate of drug-likeness (QED) is 0.283. The van der Waals surface area contributed by atoms with Crippen molar-refractivity contribution in [2.24, 2.45) is 4.99 Å². The van der Waals surface area contributed by atoms with Gasteiger partial charge in [-0.05, 0) is 45.8 Å². The normalized spacial score (nSPS) is 20.0. The second kappa shape index (κ2) is 14.1. The zero-order chi connectivity index (χ0) is 21.2. The molecule has 0 amide bonds. The van der Waals surface area contributed by atoms with Crippen LogP contribution >= 0.6 is 24.0 Å². The van der Waals surface area contributed by atoms with Crippen LogP contribution in [0.5, 0.6) is 5.75 Å². The van der Waals surface area contributed by atoms with E-state index in [4.69, 9.17) is 14.5 Å². The van der Waals surface area contributed by atoms with Crippen LogP contribution in [0.15, 0.2) is 29.3 Å². The summed E-state index contributed by atoms with van der Waals surface area (Å²) in [7, 11) is 1.76. The van der Waals surface area contributed by atoms with Gasteiger partial charge >= 0.3 is 0 Å². The maximum absolute atomic E-state index is 5.67. The molecule has 1 aromatic carbocycles. The Morgan fingerprint density at radius 2 is 1.81 bits per heavy atom. The molecule has 0 saturated carbocycles. The predicted octanol–water partition coefficient (Wildman–Crippen LogP) is 2.73. The largest absolute Gasteiger partial charge is 0.496 e. The molecular weight excluding hydrogens is 505 g/mol. The fourth-order valence-corrected chi connectivity index (χ4v) is 4.32. The van der Waals surface area contributed by atoms with Crippen LogP contribution in [-0.2, 0) is 4.74 Å². The Morgan fingerprint density at radius 3 is 2.48 bits per heavy atom. The van der Waals surface area contributed by atoms with Crippen LogP contribution in [-0.4, -0.2) is 87.9 Å². The fourth-order valence-electron chi connectivity index (χ4n) is 4.32. The lowest BCUT2D eigenvalue weighted by atomic mass is 10.0. The molecule has 0 spiro atoms. The smallest absolute Gasteiger partial charge is 0.191 e. The topological polar surface area (TPSA) is 61.4 Å². The maximum Gasteiger partial charge on any atom is 0.191 e. The number of methoxy groups -OCH3 is 1. The Bertz CT molecular complexity index is 663. The Morgan fingerprint density at radius 1 is 1.10 bits per heavy atom. The summed E-state index contributed by atoms with van der Waals surface area (Å²) < 4.78 is 11.1. The van der Waals surface area contributed by atoms with Crippen molar-refractivity contribution < 1.29 is 9.47 Å². The van der Waals surface area contributed by atoms with Gasteiger partial charge < -0.3 is 20.1 Å². The Hall–Kier alpha value is -1.10. The molecule has 0 aromatic heterocycles. The van der Waals surface area contributed by atoms with E-state index in [-0.39, 0.29) is 30.0 Å². The number of hydrogen-bond donors (Lipinski definition) is 2. The summed E-state index contributed by atoms with van der Waals surface area (Å²) in [5.41, 5.74) is 1.24. The highest BCUT2D eigenvalue weighted by Gasteiger charge is 2.26. The molecule has 7 nitrogen and oxygen atoms in total. The number of morpholine rings is 1. The number of para-hydroxylation sites is 1. The highest BCUT2D eigenvalue weighted by molar-refractivity contribution is 14.0. The van der Waals surface area contributed by atoms with Crippen LogP contribution in [0, 0.1) is 0 Å². The number of halogens is 1. The first kappa shape index (κ1) is 26.2. The van der Waals surface area contributed by atoms with E-state index in [1.807, 2.05) is 6.07 Å². The Balaban J connectivity index is 0.00000341. The number of nitrogens with one attached hydrogen (secondary N) is 2. The summed E-state index contributed by atoms with van der Waals surface area (Å²) in [5, 5.41) is 7.02. The summed E-state index contributed by atoms with van der Waals surface area (Å²) in [6, 6.07) is 9.06. The molecule has 3 rings (SSSR count). The van der Waals surface area contributed by atoms with E-state index in [9.17, 15) is 0 Å². The lowest BCUT2D eigenvalue weighted by Gasteiger charge is -2.32. The third kappa shape index (κ3) is 7.76. The molecule has 2 aliphatic heterocycles. The second-order valence-corrected chi connectivity index (χ2v) is 8.10. The first-order valence-corrected chi connectivity index (χ1v) is 11.4. The molecule has 0 radical (unpaired) electrons. The van der Waals surface area contributed by atoms with E-state index in [0.29, 0.717) is 6.04 Å². The van der Waals surface area contributed by atoms with Crippen LogP contribution < -0.4 is 15.4 Å². The highest BCUT2D eigenvalue weighted by Crippen LogP contribution is 2.31. The van der Waals surface area contributed by atoms with Crippen LogP contribution in [0.4, 0.5) is 0 Å². The van der Waals surface area contributed by atoms with Gasteiger partial charge in [-0.15, -0.1) is 24.0 Å². The molecule has 1 aromatic rings. The number of likely N-dealkylation sites (tertiary alicyclic amines) is 1. The minimum Gasteiger partial charge on any atom is -0.496 e. The number of benzene rings is 1. The van der Waals surface area contributed by atoms with Crippen molar-refractivity contribution in [1.29, 1.82) is 0 Å². The van der Waals surface area contributed by atoms with E-state index >= 15 is 0 Å². The van der Waals surface area contributed by atoms with E-state index in [1.165, 1.54) is 18.4 Å². The maximum atomic E-state index is 5.67. The van der Waals surface area contributed by atoms with E-state index < -0.39 is 0 Å². The zero-order valence-corrected chi connectivity index (χ0v) is 21.6. The molecule has 2 aliphatic rings. The van der Waals surface area contributed by atoms with Crippen molar-refractivity contribution in [3.63, 3.8) is 0 Å². The average molecular weight is 546 g/mol. The van der Waals surface area contributed by atoms with Crippen LogP contribution in [0.3, 0.4) is 0 Å². The standard InChI is InChI=1S/C23H39N5O2.HI/c1-4-24-23(25-17-19(2)27-13-15-30-16-14-27)26-18-21(28-11-7-8-12-28)20-9-5-6-10-22(20)29-3;/h5-6,9-10,19,21H,4,7-8,11-18H2,1-3H3,(H2,24,25,26);1H. The number of hydrogen-bond acceptors (Lipinski definition) is 5. The SMILES string of the molecule is CCNC(=NCC(C)N1CCOCC1)NCC(c1ccccc1OC)N1CCCC1.I. The predicted molar refractivity (Wildman–Crippen MR) is 138 cm³/mol. The molecule has 0 aliphatic carbocycles. The van der Waals surface area contributed by atoms with Crippen LogP contribution in [0.1, 0.15) is 38.3 Å². The summed E-state index contributed by atoms with van der Waals surface area (Å²) in [4.78, 5) is 9.90. The van der Waals surface area contributed by atoms with Gasteiger partial charge in [-0.3, -0.25) is 14.8 Å². The molecule has 31 heavy (non-hydrogen) atoms. The minimum atomic E-state index is 0. The molecule has 0 bridgehead atoms. The number of nitrogens with zero attached hydrogens (tertiary/aromatic N) is 3. The third-order valence-corrected chi connectivity index (χ3v) is 6.07. The Labute approximate surface area is 205 Å². The van der Waals surface area contributed by atoms with Crippen molar-refractivity contribution in [2.45, 2.75) is 38.8 Å². The molecule has 2 N–H and O–H groups in total. The van der Waals surface area contributed by atoms with Gasteiger partial charge in [0.1, 0.15) is 5.75 Å². The summed E-state index contributed by atoms with van der Waals surface area (Å²) in [6.45, 7) is 12.7. The summed E-state index contributed by atoms with van der Waals surface area (Å²) >= 11 is 0. The van der Waals surface area contributed by atoms with E-state index in [2.05, 4.69) is 52.5 Å². The third-order valence-electron chi connectivity index (χ3n) is 6.07. The molecular formula is C23H40IN5O2. The number of aliphatic imine (C=N–C) groups is 1. The molecule has 2 atom stereocenters. The van der Waals surface area contributed by atoms with Gasteiger partial charge in [-0.2, -0.15) is 0 Å². The number of guanidine groups is 1. The van der Waals surface area contributed by atoms with E-state index in [0.717, 1.165) is 70.7 Å². The number of rotatable bonds is 9. The first-order chi connectivity index (χ1) is 14.7. The lowest BCUT2D eigenvalue weighted by Crippen LogP contribution is -2.45. The molecule has 176 valence electrons. The van der Waals surface area contributed by atoms with Crippen LogP contribution in [0.2, 0.25) is 0 Å². The van der Waals surface area contributed by atoms with Crippen molar-refractivity contribution in [1.82, 2.24) is 20.4 Å². The van der Waals surface area contributed by atoms with Gasteiger partial charge in [0.25, 0.3) is 0 Å². The van der Waals surface area contributed by atoms with Gasteiger partial charge in [0.15, 0.2) is 5.96 Å². The Kier molecular flexibility index (Phi) is 11.9. The van der Waals surface area contributed by atoms with Gasteiger partial charge in [0, 0.05) is 37.8 Å². The lowest BCUT2D eigenvalue weighted by molar-refractivity contribution is 0.0220. The molecule has 2 saturated heterocycles. The summed E-state index contributed by atoms with van der Waals surface area (Å²) in [5.74, 6) is 1.84. The zero-order valence-electron chi connectivity index (χ0n) is 19.3. The minimum absolute atomic E-state index is 0. The second-order valence-electron chi connectivity index (χ2n) is 8.10. The van der Waals surface area contributed by atoms with Gasteiger partial charge in [0.2, 0.25) is 0 Å². The van der Waals surface area contributed by atoms with Gasteiger partial charge in [-0.25, -0.2) is 0 Å². The first-order valence-electron chi connectivity index (χ1n) is 11.4. The monoisotopic (exact) mass is 545 g/mol. The number of ether oxygens (including phenoxy) is 2. The summed E-state index contributed by atoms with van der Waals surface area (Å²) in [6.07, 6.45) is 2.52. The van der Waals surface area contributed by atoms with Crippen molar-refractivity contribution in [2.75, 3.05) is 66.1 Å². The van der Waals surface area contributed by atoms with Gasteiger partial charge in [0.05, 0.1) is 32.9 Å². The molecule has 2 heterocycles. The van der Waals surface area contributed by atoms with Crippen LogP contribution in [0.25, 0.3) is 0 Å². The highest BCUT2D eigenvalue weighted by atomic mass is 127. The van der Waals surface area contributed by atoms with Crippen molar-refractivity contribution in [3.05, 3.63) is 29.8 Å². The molecule has 2 fully saturated rings.